The van der Waals surface area contributed by atoms with Crippen LogP contribution in [-0.4, -0.2) is 39.1 Å². The summed E-state index contributed by atoms with van der Waals surface area (Å²) in [6, 6.07) is 2.47. The number of anilines is 2. The van der Waals surface area contributed by atoms with Crippen LogP contribution in [0.4, 0.5) is 11.6 Å². The number of rotatable bonds is 3. The fourth-order valence-electron chi connectivity index (χ4n) is 3.77. The maximum Gasteiger partial charge on any atom is 0.135 e. The monoisotopic (exact) mass is 324 g/mol. The van der Waals surface area contributed by atoms with Gasteiger partial charge in [-0.05, 0) is 46.0 Å². The molecule has 126 valence electrons. The molecule has 1 aliphatic carbocycles. The van der Waals surface area contributed by atoms with Gasteiger partial charge in [0.2, 0.25) is 0 Å². The average Bonchev–Trinajstić information content (AvgIpc) is 3.03. The third-order valence-electron chi connectivity index (χ3n) is 4.97. The van der Waals surface area contributed by atoms with Crippen molar-refractivity contribution in [2.24, 2.45) is 0 Å². The van der Waals surface area contributed by atoms with Crippen LogP contribution in [0.15, 0.2) is 12.4 Å². The number of hydrogen-bond donors (Lipinski definition) is 1. The predicted octanol–water partition coefficient (Wildman–Crippen LogP) is 2.45. The molecule has 4 rings (SSSR count). The molecular formula is C18H24N6. The summed E-state index contributed by atoms with van der Waals surface area (Å²) in [6.07, 6.45) is 7.27. The smallest absolute Gasteiger partial charge is 0.135 e. The largest absolute Gasteiger partial charge is 0.367 e. The molecule has 0 aromatic carbocycles. The standard InChI is InChI=1S/C18H24N6/c1-12-10-17(20-11-19-12)23-14-6-8-24(9-7-14)18-15-4-3-5-16(15)21-13(2)22-18/h10-11,14H,3-9H2,1-2H3,(H,19,20,23). The number of nitrogens with zero attached hydrogens (tertiary/aromatic N) is 5. The molecular weight excluding hydrogens is 300 g/mol. The Morgan fingerprint density at radius 1 is 1.08 bits per heavy atom. The number of nitrogens with one attached hydrogen (secondary N) is 1. The summed E-state index contributed by atoms with van der Waals surface area (Å²) in [6.45, 7) is 6.07. The van der Waals surface area contributed by atoms with Gasteiger partial charge >= 0.3 is 0 Å². The van der Waals surface area contributed by atoms with E-state index < -0.39 is 0 Å². The minimum Gasteiger partial charge on any atom is -0.367 e. The van der Waals surface area contributed by atoms with E-state index in [1.807, 2.05) is 19.9 Å². The fourth-order valence-corrected chi connectivity index (χ4v) is 3.77. The lowest BCUT2D eigenvalue weighted by Crippen LogP contribution is -2.40. The van der Waals surface area contributed by atoms with E-state index in [1.165, 1.54) is 23.5 Å². The lowest BCUT2D eigenvalue weighted by molar-refractivity contribution is 0.520. The molecule has 6 heteroatoms. The zero-order chi connectivity index (χ0) is 16.5. The van der Waals surface area contributed by atoms with Gasteiger partial charge < -0.3 is 10.2 Å². The first-order valence-corrected chi connectivity index (χ1v) is 8.85. The van der Waals surface area contributed by atoms with Gasteiger partial charge in [0.1, 0.15) is 23.8 Å². The second-order valence-corrected chi connectivity index (χ2v) is 6.82. The van der Waals surface area contributed by atoms with E-state index in [9.17, 15) is 0 Å². The molecule has 6 nitrogen and oxygen atoms in total. The Balaban J connectivity index is 1.43. The van der Waals surface area contributed by atoms with Gasteiger partial charge in [0, 0.05) is 42.1 Å². The van der Waals surface area contributed by atoms with Crippen molar-refractivity contribution in [3.8, 4) is 0 Å². The van der Waals surface area contributed by atoms with Crippen LogP contribution in [0.2, 0.25) is 0 Å². The van der Waals surface area contributed by atoms with Crippen molar-refractivity contribution in [1.82, 2.24) is 19.9 Å². The Kier molecular flexibility index (Phi) is 4.04. The Labute approximate surface area is 142 Å². The van der Waals surface area contributed by atoms with Gasteiger partial charge in [0.15, 0.2) is 0 Å². The summed E-state index contributed by atoms with van der Waals surface area (Å²) in [7, 11) is 0. The van der Waals surface area contributed by atoms with E-state index in [0.717, 1.165) is 56.1 Å². The molecule has 0 atom stereocenters. The van der Waals surface area contributed by atoms with Gasteiger partial charge in [-0.25, -0.2) is 19.9 Å². The molecule has 2 aromatic heterocycles. The summed E-state index contributed by atoms with van der Waals surface area (Å²) in [5, 5.41) is 3.55. The molecule has 0 spiro atoms. The highest BCUT2D eigenvalue weighted by molar-refractivity contribution is 5.51. The van der Waals surface area contributed by atoms with Crippen LogP contribution in [0.3, 0.4) is 0 Å². The summed E-state index contributed by atoms with van der Waals surface area (Å²) in [4.78, 5) is 20.3. The molecule has 2 aliphatic rings. The Bertz CT molecular complexity index is 736. The van der Waals surface area contributed by atoms with Crippen molar-refractivity contribution in [1.29, 1.82) is 0 Å². The highest BCUT2D eigenvalue weighted by Crippen LogP contribution is 2.30. The van der Waals surface area contributed by atoms with Crippen molar-refractivity contribution in [2.75, 3.05) is 23.3 Å². The normalized spacial score (nSPS) is 17.8. The third kappa shape index (κ3) is 3.05. The van der Waals surface area contributed by atoms with E-state index in [-0.39, 0.29) is 0 Å². The quantitative estimate of drug-likeness (QED) is 0.935. The third-order valence-corrected chi connectivity index (χ3v) is 4.97. The molecule has 0 unspecified atom stereocenters. The highest BCUT2D eigenvalue weighted by atomic mass is 15.2. The molecule has 0 amide bonds. The number of hydrogen-bond acceptors (Lipinski definition) is 6. The molecule has 2 aromatic rings. The van der Waals surface area contributed by atoms with Crippen molar-refractivity contribution in [3.63, 3.8) is 0 Å². The number of piperidine rings is 1. The zero-order valence-corrected chi connectivity index (χ0v) is 14.4. The summed E-state index contributed by atoms with van der Waals surface area (Å²) < 4.78 is 0. The van der Waals surface area contributed by atoms with Crippen molar-refractivity contribution in [2.45, 2.75) is 52.0 Å². The van der Waals surface area contributed by atoms with Crippen molar-refractivity contribution in [3.05, 3.63) is 35.2 Å². The molecule has 1 fully saturated rings. The molecule has 0 bridgehead atoms. The van der Waals surface area contributed by atoms with E-state index in [2.05, 4.69) is 25.2 Å². The summed E-state index contributed by atoms with van der Waals surface area (Å²) in [5.74, 6) is 3.02. The molecule has 3 heterocycles. The summed E-state index contributed by atoms with van der Waals surface area (Å²) in [5.41, 5.74) is 3.66. The topological polar surface area (TPSA) is 66.8 Å². The van der Waals surface area contributed by atoms with Gasteiger partial charge in [-0.1, -0.05) is 0 Å². The Hall–Kier alpha value is -2.24. The molecule has 0 saturated carbocycles. The molecule has 0 radical (unpaired) electrons. The van der Waals surface area contributed by atoms with Gasteiger partial charge in [0.25, 0.3) is 0 Å². The van der Waals surface area contributed by atoms with Gasteiger partial charge in [-0.3, -0.25) is 0 Å². The van der Waals surface area contributed by atoms with Gasteiger partial charge in [-0.2, -0.15) is 0 Å². The number of aryl methyl sites for hydroxylation is 3. The molecule has 1 aliphatic heterocycles. The minimum absolute atomic E-state index is 0.464. The highest BCUT2D eigenvalue weighted by Gasteiger charge is 2.26. The first-order valence-electron chi connectivity index (χ1n) is 8.85. The van der Waals surface area contributed by atoms with Crippen LogP contribution in [0.5, 0.6) is 0 Å². The predicted molar refractivity (Wildman–Crippen MR) is 94.4 cm³/mol. The lowest BCUT2D eigenvalue weighted by atomic mass is 10.0. The molecule has 1 saturated heterocycles. The van der Waals surface area contributed by atoms with Crippen LogP contribution >= 0.6 is 0 Å². The minimum atomic E-state index is 0.464. The van der Waals surface area contributed by atoms with Crippen molar-refractivity contribution >= 4 is 11.6 Å². The summed E-state index contributed by atoms with van der Waals surface area (Å²) >= 11 is 0. The SMILES string of the molecule is Cc1cc(NC2CCN(c3nc(C)nc4c3CCC4)CC2)ncn1. The maximum atomic E-state index is 4.76. The van der Waals surface area contributed by atoms with Crippen LogP contribution in [0.25, 0.3) is 0 Å². The second-order valence-electron chi connectivity index (χ2n) is 6.82. The van der Waals surface area contributed by atoms with E-state index in [0.29, 0.717) is 6.04 Å². The maximum absolute atomic E-state index is 4.76. The number of fused-ring (bicyclic) bond motifs is 1. The second kappa shape index (κ2) is 6.34. The van der Waals surface area contributed by atoms with Crippen LogP contribution in [-0.2, 0) is 12.8 Å². The van der Waals surface area contributed by atoms with Crippen molar-refractivity contribution < 1.29 is 0 Å². The molecule has 24 heavy (non-hydrogen) atoms. The lowest BCUT2D eigenvalue weighted by Gasteiger charge is -2.34. The van der Waals surface area contributed by atoms with E-state index in [1.54, 1.807) is 6.33 Å². The van der Waals surface area contributed by atoms with E-state index in [4.69, 9.17) is 4.98 Å². The number of aromatic nitrogens is 4. The van der Waals surface area contributed by atoms with Gasteiger partial charge in [0.05, 0.1) is 0 Å². The molecule has 1 N–H and O–H groups in total. The van der Waals surface area contributed by atoms with E-state index >= 15 is 0 Å². The Morgan fingerprint density at radius 3 is 2.71 bits per heavy atom. The first-order chi connectivity index (χ1) is 11.7. The van der Waals surface area contributed by atoms with Crippen LogP contribution < -0.4 is 10.2 Å². The van der Waals surface area contributed by atoms with Crippen LogP contribution in [0, 0.1) is 13.8 Å². The fraction of sp³-hybridized carbons (Fsp3) is 0.556. The average molecular weight is 324 g/mol. The Morgan fingerprint density at radius 2 is 1.92 bits per heavy atom. The van der Waals surface area contributed by atoms with Gasteiger partial charge in [-0.15, -0.1) is 0 Å². The zero-order valence-electron chi connectivity index (χ0n) is 14.4. The first kappa shape index (κ1) is 15.3. The van der Waals surface area contributed by atoms with Crippen LogP contribution in [0.1, 0.15) is 42.0 Å².